The van der Waals surface area contributed by atoms with E-state index in [0.717, 1.165) is 22.3 Å². The van der Waals surface area contributed by atoms with Crippen LogP contribution in [0.15, 0.2) is 18.2 Å². The Morgan fingerprint density at radius 2 is 2.29 bits per heavy atom. The average Bonchev–Trinajstić information content (AvgIpc) is 2.27. The van der Waals surface area contributed by atoms with Crippen LogP contribution in [0.25, 0.3) is 0 Å². The number of hydrogen-bond donors (Lipinski definition) is 0. The standard InChI is InChI=1S/C13H15ClINO/c1-3-7-16(2)8-4-9-17-13-6-5-11(15)10-12(13)14/h1,5-6,10H,4,7-9H2,2H3. The normalized spacial score (nSPS) is 10.3. The second-order valence-electron chi connectivity index (χ2n) is 3.72. The van der Waals surface area contributed by atoms with Crippen molar-refractivity contribution >= 4 is 34.2 Å². The first-order chi connectivity index (χ1) is 8.13. The fourth-order valence-electron chi connectivity index (χ4n) is 1.34. The van der Waals surface area contributed by atoms with E-state index in [0.29, 0.717) is 18.2 Å². The van der Waals surface area contributed by atoms with E-state index >= 15 is 0 Å². The Hall–Kier alpha value is -0.440. The van der Waals surface area contributed by atoms with Crippen LogP contribution in [0.5, 0.6) is 5.75 Å². The molecule has 0 saturated heterocycles. The molecular formula is C13H15ClINO. The maximum atomic E-state index is 6.05. The van der Waals surface area contributed by atoms with E-state index in [9.17, 15) is 0 Å². The third-order valence-corrected chi connectivity index (χ3v) is 3.16. The summed E-state index contributed by atoms with van der Waals surface area (Å²) in [5, 5.41) is 0.661. The quantitative estimate of drug-likeness (QED) is 0.437. The summed E-state index contributed by atoms with van der Waals surface area (Å²) in [6, 6.07) is 5.77. The van der Waals surface area contributed by atoms with Crippen molar-refractivity contribution < 1.29 is 4.74 Å². The Morgan fingerprint density at radius 1 is 1.53 bits per heavy atom. The zero-order valence-corrected chi connectivity index (χ0v) is 12.7. The van der Waals surface area contributed by atoms with Crippen LogP contribution in [-0.4, -0.2) is 31.6 Å². The van der Waals surface area contributed by atoms with Gasteiger partial charge in [-0.3, -0.25) is 4.90 Å². The van der Waals surface area contributed by atoms with Crippen LogP contribution >= 0.6 is 34.2 Å². The number of halogens is 2. The molecule has 0 unspecified atom stereocenters. The van der Waals surface area contributed by atoms with Crippen LogP contribution in [0, 0.1) is 15.9 Å². The molecule has 0 atom stereocenters. The van der Waals surface area contributed by atoms with Crippen LogP contribution in [0.1, 0.15) is 6.42 Å². The molecule has 0 heterocycles. The zero-order valence-electron chi connectivity index (χ0n) is 9.75. The predicted molar refractivity (Wildman–Crippen MR) is 80.6 cm³/mol. The Morgan fingerprint density at radius 3 is 2.94 bits per heavy atom. The van der Waals surface area contributed by atoms with Crippen LogP contribution in [-0.2, 0) is 0 Å². The van der Waals surface area contributed by atoms with Gasteiger partial charge in [0, 0.05) is 10.1 Å². The molecule has 1 rings (SSSR count). The van der Waals surface area contributed by atoms with Gasteiger partial charge in [-0.05, 0) is 54.3 Å². The zero-order chi connectivity index (χ0) is 12.7. The smallest absolute Gasteiger partial charge is 0.137 e. The van der Waals surface area contributed by atoms with Crippen LogP contribution in [0.4, 0.5) is 0 Å². The summed E-state index contributed by atoms with van der Waals surface area (Å²) < 4.78 is 6.71. The third-order valence-electron chi connectivity index (χ3n) is 2.20. The number of hydrogen-bond acceptors (Lipinski definition) is 2. The van der Waals surface area contributed by atoms with Crippen molar-refractivity contribution in [2.24, 2.45) is 0 Å². The van der Waals surface area contributed by atoms with Gasteiger partial charge in [0.05, 0.1) is 18.2 Å². The summed E-state index contributed by atoms with van der Waals surface area (Å²) in [5.41, 5.74) is 0. The summed E-state index contributed by atoms with van der Waals surface area (Å²) in [6.07, 6.45) is 6.15. The van der Waals surface area contributed by atoms with E-state index in [2.05, 4.69) is 33.4 Å². The molecule has 0 spiro atoms. The molecule has 0 radical (unpaired) electrons. The van der Waals surface area contributed by atoms with Gasteiger partial charge < -0.3 is 4.74 Å². The van der Waals surface area contributed by atoms with Crippen molar-refractivity contribution in [2.45, 2.75) is 6.42 Å². The van der Waals surface area contributed by atoms with E-state index in [-0.39, 0.29) is 0 Å². The largest absolute Gasteiger partial charge is 0.492 e. The second kappa shape index (κ2) is 7.80. The molecule has 0 fully saturated rings. The first-order valence-electron chi connectivity index (χ1n) is 5.33. The van der Waals surface area contributed by atoms with E-state index in [1.165, 1.54) is 0 Å². The lowest BCUT2D eigenvalue weighted by molar-refractivity contribution is 0.274. The highest BCUT2D eigenvalue weighted by Gasteiger charge is 2.02. The minimum Gasteiger partial charge on any atom is -0.492 e. The fraction of sp³-hybridized carbons (Fsp3) is 0.385. The first-order valence-corrected chi connectivity index (χ1v) is 6.79. The van der Waals surface area contributed by atoms with Gasteiger partial charge in [0.15, 0.2) is 0 Å². The molecule has 17 heavy (non-hydrogen) atoms. The summed E-state index contributed by atoms with van der Waals surface area (Å²) in [6.45, 7) is 2.24. The summed E-state index contributed by atoms with van der Waals surface area (Å²) in [5.74, 6) is 3.35. The molecule has 0 saturated carbocycles. The lowest BCUT2D eigenvalue weighted by Crippen LogP contribution is -2.21. The summed E-state index contributed by atoms with van der Waals surface area (Å²) in [4.78, 5) is 2.08. The van der Waals surface area contributed by atoms with Crippen LogP contribution in [0.3, 0.4) is 0 Å². The Kier molecular flexibility index (Phi) is 6.71. The Bertz CT molecular complexity index is 403. The van der Waals surface area contributed by atoms with Gasteiger partial charge in [-0.2, -0.15) is 0 Å². The molecule has 4 heteroatoms. The minimum atomic E-state index is 0.648. The number of rotatable bonds is 6. The van der Waals surface area contributed by atoms with E-state index in [1.54, 1.807) is 0 Å². The van der Waals surface area contributed by atoms with E-state index in [1.807, 2.05) is 25.2 Å². The monoisotopic (exact) mass is 363 g/mol. The Balaban J connectivity index is 2.29. The number of nitrogens with zero attached hydrogens (tertiary/aromatic N) is 1. The van der Waals surface area contributed by atoms with Gasteiger partial charge in [0.2, 0.25) is 0 Å². The first kappa shape index (κ1) is 14.6. The molecule has 92 valence electrons. The Labute approximate surface area is 121 Å². The summed E-state index contributed by atoms with van der Waals surface area (Å²) in [7, 11) is 2.00. The van der Waals surface area contributed by atoms with Gasteiger partial charge in [-0.25, -0.2) is 0 Å². The molecule has 0 bridgehead atoms. The molecule has 0 N–H and O–H groups in total. The van der Waals surface area contributed by atoms with Crippen molar-refractivity contribution in [1.82, 2.24) is 4.90 Å². The highest BCUT2D eigenvalue weighted by atomic mass is 127. The molecule has 1 aromatic rings. The van der Waals surface area contributed by atoms with Crippen LogP contribution in [0.2, 0.25) is 5.02 Å². The predicted octanol–water partition coefficient (Wildman–Crippen LogP) is 3.28. The van der Waals surface area contributed by atoms with Gasteiger partial charge >= 0.3 is 0 Å². The molecule has 0 aromatic heterocycles. The van der Waals surface area contributed by atoms with Crippen molar-refractivity contribution in [3.63, 3.8) is 0 Å². The van der Waals surface area contributed by atoms with Gasteiger partial charge in [0.1, 0.15) is 5.75 Å². The van der Waals surface area contributed by atoms with Gasteiger partial charge in [0.25, 0.3) is 0 Å². The molecule has 0 aliphatic carbocycles. The molecule has 0 aliphatic heterocycles. The highest BCUT2D eigenvalue weighted by Crippen LogP contribution is 2.26. The lowest BCUT2D eigenvalue weighted by atomic mass is 10.3. The average molecular weight is 364 g/mol. The maximum absolute atomic E-state index is 6.05. The molecular weight excluding hydrogens is 349 g/mol. The highest BCUT2D eigenvalue weighted by molar-refractivity contribution is 14.1. The summed E-state index contributed by atoms with van der Waals surface area (Å²) >= 11 is 8.27. The third kappa shape index (κ3) is 5.62. The van der Waals surface area contributed by atoms with Gasteiger partial charge in [-0.1, -0.05) is 17.5 Å². The SMILES string of the molecule is C#CCN(C)CCCOc1ccc(I)cc1Cl. The topological polar surface area (TPSA) is 12.5 Å². The maximum Gasteiger partial charge on any atom is 0.137 e. The fourth-order valence-corrected chi connectivity index (χ4v) is 2.25. The molecule has 0 amide bonds. The van der Waals surface area contributed by atoms with E-state index < -0.39 is 0 Å². The van der Waals surface area contributed by atoms with Crippen molar-refractivity contribution in [1.29, 1.82) is 0 Å². The lowest BCUT2D eigenvalue weighted by Gasteiger charge is -2.13. The number of terminal acetylenes is 1. The van der Waals surface area contributed by atoms with Crippen molar-refractivity contribution in [3.05, 3.63) is 26.8 Å². The minimum absolute atomic E-state index is 0.648. The molecule has 2 nitrogen and oxygen atoms in total. The van der Waals surface area contributed by atoms with Crippen molar-refractivity contribution in [3.8, 4) is 18.1 Å². The van der Waals surface area contributed by atoms with Gasteiger partial charge in [-0.15, -0.1) is 6.42 Å². The molecule has 0 aliphatic rings. The van der Waals surface area contributed by atoms with E-state index in [4.69, 9.17) is 22.8 Å². The second-order valence-corrected chi connectivity index (χ2v) is 5.37. The number of ether oxygens (including phenoxy) is 1. The molecule has 1 aromatic carbocycles. The van der Waals surface area contributed by atoms with Crippen LogP contribution < -0.4 is 4.74 Å². The van der Waals surface area contributed by atoms with Crippen molar-refractivity contribution in [2.75, 3.05) is 26.7 Å². The number of benzene rings is 1.